The average Bonchev–Trinajstić information content (AvgIpc) is 2.87. The number of phosphoric ester groups is 1. The maximum Gasteiger partial charge on any atom is 0.469 e. The summed E-state index contributed by atoms with van der Waals surface area (Å²) in [7, 11) is -4.24. The zero-order valence-corrected chi connectivity index (χ0v) is 24.9. The van der Waals surface area contributed by atoms with Gasteiger partial charge in [-0.2, -0.15) is 0 Å². The van der Waals surface area contributed by atoms with Crippen molar-refractivity contribution in [2.24, 2.45) is 0 Å². The highest BCUT2D eigenvalue weighted by molar-refractivity contribution is 7.46. The second-order valence-electron chi connectivity index (χ2n) is 9.50. The Hall–Kier alpha value is -0.0900. The molecule has 0 bridgehead atoms. The molecule has 0 aliphatic heterocycles. The second-order valence-corrected chi connectivity index (χ2v) is 10.7. The minimum Gasteiger partial charge on any atom is -0.394 e. The summed E-state index contributed by atoms with van der Waals surface area (Å²) in [4.78, 5) is 27.3. The molecule has 0 aliphatic rings. The van der Waals surface area contributed by atoms with Crippen LogP contribution in [0.1, 0.15) is 136 Å². The van der Waals surface area contributed by atoms with E-state index >= 15 is 0 Å². The van der Waals surface area contributed by atoms with Gasteiger partial charge in [0.25, 0.3) is 0 Å². The predicted octanol–water partition coefficient (Wildman–Crippen LogP) is 6.68. The fraction of sp³-hybridized carbons (Fsp3) is 1.00. The van der Waals surface area contributed by atoms with Crippen LogP contribution in [0.5, 0.6) is 0 Å². The molecule has 0 fully saturated rings. The van der Waals surface area contributed by atoms with E-state index in [1.54, 1.807) is 0 Å². The number of hydrogen-bond acceptors (Lipinski definition) is 7. The van der Waals surface area contributed by atoms with E-state index in [0.29, 0.717) is 6.54 Å². The Morgan fingerprint density at radius 2 is 0.892 bits per heavy atom. The maximum atomic E-state index is 10.3. The van der Waals surface area contributed by atoms with Crippen molar-refractivity contribution in [2.75, 3.05) is 39.6 Å². The van der Waals surface area contributed by atoms with E-state index < -0.39 is 7.82 Å². The van der Waals surface area contributed by atoms with Gasteiger partial charge in [0.15, 0.2) is 0 Å². The maximum absolute atomic E-state index is 10.3. The first kappa shape index (κ1) is 39.1. The molecule has 0 heterocycles. The Bertz CT molecular complexity index is 460. The molecule has 0 saturated carbocycles. The number of aliphatic hydroxyl groups excluding tert-OH is 2. The standard InChI is InChI=1S/C16H35NO4.C11H25O4P/c1-2-3-4-5-6-7-8-9-10-11-12-17(20-15-13-18)21-16-14-19;1-2-3-4-5-6-7-8-9-10-11-15-16(12,13)14/h18-19H,2-16H2,1H3;2-11H2,1H3,(H2,12,13,14). The Labute approximate surface area is 227 Å². The molecule has 0 rings (SSSR count). The predicted molar refractivity (Wildman–Crippen MR) is 150 cm³/mol. The molecule has 0 aromatic rings. The normalized spacial score (nSPS) is 11.6. The van der Waals surface area contributed by atoms with Crippen LogP contribution < -0.4 is 0 Å². The molecule has 4 N–H and O–H groups in total. The van der Waals surface area contributed by atoms with Crippen LogP contribution in [0, 0.1) is 0 Å². The first-order valence-corrected chi connectivity index (χ1v) is 16.4. The van der Waals surface area contributed by atoms with Crippen LogP contribution in [0.25, 0.3) is 0 Å². The zero-order valence-electron chi connectivity index (χ0n) is 24.0. The fourth-order valence-electron chi connectivity index (χ4n) is 3.78. The SMILES string of the molecule is CCCCCCCCCCCCN(OCCO)OCCO.CCCCCCCCCCCOP(=O)(O)O. The van der Waals surface area contributed by atoms with Gasteiger partial charge in [0, 0.05) is 0 Å². The third kappa shape index (κ3) is 38.1. The summed E-state index contributed by atoms with van der Waals surface area (Å²) >= 11 is 0. The molecule has 10 heteroatoms. The van der Waals surface area contributed by atoms with E-state index in [9.17, 15) is 4.57 Å². The van der Waals surface area contributed by atoms with Crippen LogP contribution in [0.15, 0.2) is 0 Å². The Kier molecular flexibility index (Phi) is 33.9. The van der Waals surface area contributed by atoms with Gasteiger partial charge in [0.2, 0.25) is 0 Å². The van der Waals surface area contributed by atoms with E-state index in [2.05, 4.69) is 18.4 Å². The molecule has 0 atom stereocenters. The molecule has 9 nitrogen and oxygen atoms in total. The van der Waals surface area contributed by atoms with Crippen molar-refractivity contribution in [3.05, 3.63) is 0 Å². The highest BCUT2D eigenvalue weighted by Crippen LogP contribution is 2.35. The van der Waals surface area contributed by atoms with Crippen LogP contribution in [0.3, 0.4) is 0 Å². The average molecular weight is 558 g/mol. The highest BCUT2D eigenvalue weighted by Gasteiger charge is 2.12. The number of unbranched alkanes of at least 4 members (excludes halogenated alkanes) is 17. The van der Waals surface area contributed by atoms with E-state index in [0.717, 1.165) is 32.1 Å². The number of hydrogen-bond donors (Lipinski definition) is 4. The minimum absolute atomic E-state index is 0.0307. The van der Waals surface area contributed by atoms with Gasteiger partial charge in [-0.25, -0.2) is 4.57 Å². The van der Waals surface area contributed by atoms with Crippen molar-refractivity contribution in [1.82, 2.24) is 5.23 Å². The lowest BCUT2D eigenvalue weighted by molar-refractivity contribution is -0.371. The van der Waals surface area contributed by atoms with Gasteiger partial charge in [0.1, 0.15) is 0 Å². The van der Waals surface area contributed by atoms with Crippen molar-refractivity contribution in [3.8, 4) is 0 Å². The molecular formula is C27H60NO8P. The molecule has 0 radical (unpaired) electrons. The number of rotatable bonds is 28. The molecular weight excluding hydrogens is 497 g/mol. The Balaban J connectivity index is 0. The molecule has 226 valence electrons. The summed E-state index contributed by atoms with van der Waals surface area (Å²) in [5, 5.41) is 18.8. The number of aliphatic hydroxyl groups is 2. The van der Waals surface area contributed by atoms with Gasteiger partial charge in [-0.15, -0.1) is 0 Å². The van der Waals surface area contributed by atoms with E-state index in [1.165, 1.54) is 95.1 Å². The molecule has 0 amide bonds. The quantitative estimate of drug-likeness (QED) is 0.0473. The van der Waals surface area contributed by atoms with Crippen LogP contribution >= 0.6 is 7.82 Å². The van der Waals surface area contributed by atoms with Gasteiger partial charge in [-0.05, 0) is 12.8 Å². The van der Waals surface area contributed by atoms with Crippen molar-refractivity contribution in [3.63, 3.8) is 0 Å². The summed E-state index contributed by atoms with van der Waals surface area (Å²) in [6.07, 6.45) is 23.5. The molecule has 0 aromatic carbocycles. The minimum atomic E-state index is -4.24. The summed E-state index contributed by atoms with van der Waals surface area (Å²) in [5.74, 6) is 0. The first-order valence-electron chi connectivity index (χ1n) is 14.9. The van der Waals surface area contributed by atoms with Crippen molar-refractivity contribution in [2.45, 2.75) is 136 Å². The monoisotopic (exact) mass is 557 g/mol. The van der Waals surface area contributed by atoms with Gasteiger partial charge in [-0.1, -0.05) is 128 Å². The van der Waals surface area contributed by atoms with Crippen LogP contribution in [-0.2, 0) is 18.8 Å². The van der Waals surface area contributed by atoms with Gasteiger partial charge >= 0.3 is 7.82 Å². The highest BCUT2D eigenvalue weighted by atomic mass is 31.2. The van der Waals surface area contributed by atoms with Crippen molar-refractivity contribution in [1.29, 1.82) is 0 Å². The lowest BCUT2D eigenvalue weighted by Crippen LogP contribution is -2.28. The summed E-state index contributed by atoms with van der Waals surface area (Å²) < 4.78 is 14.7. The molecule has 0 unspecified atom stereocenters. The molecule has 0 aliphatic carbocycles. The lowest BCUT2D eigenvalue weighted by atomic mass is 10.1. The topological polar surface area (TPSA) is 129 Å². The third-order valence-electron chi connectivity index (χ3n) is 5.85. The third-order valence-corrected chi connectivity index (χ3v) is 6.37. The van der Waals surface area contributed by atoms with Gasteiger partial charge < -0.3 is 20.0 Å². The number of nitrogens with zero attached hydrogens (tertiary/aromatic N) is 1. The van der Waals surface area contributed by atoms with E-state index in [1.807, 2.05) is 0 Å². The smallest absolute Gasteiger partial charge is 0.394 e. The number of hydroxylamine groups is 2. The van der Waals surface area contributed by atoms with Crippen LogP contribution in [0.4, 0.5) is 0 Å². The summed E-state index contributed by atoms with van der Waals surface area (Å²) in [6, 6.07) is 0. The van der Waals surface area contributed by atoms with Gasteiger partial charge in [-0.3, -0.25) is 14.2 Å². The fourth-order valence-corrected chi connectivity index (χ4v) is 4.14. The van der Waals surface area contributed by atoms with Crippen LogP contribution in [-0.4, -0.2) is 64.8 Å². The lowest BCUT2D eigenvalue weighted by Gasteiger charge is -2.20. The zero-order chi connectivity index (χ0) is 27.9. The van der Waals surface area contributed by atoms with Gasteiger partial charge in [0.05, 0.1) is 39.6 Å². The summed E-state index contributed by atoms with van der Waals surface area (Å²) in [5.41, 5.74) is 0. The largest absolute Gasteiger partial charge is 0.469 e. The second kappa shape index (κ2) is 32.1. The van der Waals surface area contributed by atoms with Crippen LogP contribution in [0.2, 0.25) is 0 Å². The number of phosphoric acid groups is 1. The Morgan fingerprint density at radius 1 is 0.541 bits per heavy atom. The Morgan fingerprint density at radius 3 is 1.24 bits per heavy atom. The molecule has 0 aromatic heterocycles. The molecule has 37 heavy (non-hydrogen) atoms. The molecule has 0 saturated heterocycles. The van der Waals surface area contributed by atoms with Crippen molar-refractivity contribution < 1.29 is 38.8 Å². The summed E-state index contributed by atoms with van der Waals surface area (Å²) in [6.45, 7) is 5.69. The van der Waals surface area contributed by atoms with Crippen molar-refractivity contribution >= 4 is 7.82 Å². The first-order chi connectivity index (χ1) is 17.9. The molecule has 0 spiro atoms. The van der Waals surface area contributed by atoms with E-state index in [-0.39, 0.29) is 33.0 Å². The van der Waals surface area contributed by atoms with E-state index in [4.69, 9.17) is 29.7 Å².